The van der Waals surface area contributed by atoms with Gasteiger partial charge in [-0.15, -0.1) is 0 Å². The number of hydrogen-bond donors (Lipinski definition) is 0. The van der Waals surface area contributed by atoms with Crippen LogP contribution >= 0.6 is 0 Å². The average Bonchev–Trinajstić information content (AvgIpc) is 3.48. The second kappa shape index (κ2) is 8.75. The summed E-state index contributed by atoms with van der Waals surface area (Å²) in [6.45, 7) is 2.97. The van der Waals surface area contributed by atoms with Crippen molar-refractivity contribution in [3.05, 3.63) is 53.6 Å². The van der Waals surface area contributed by atoms with Gasteiger partial charge in [0.05, 0.1) is 24.2 Å². The van der Waals surface area contributed by atoms with Gasteiger partial charge in [0, 0.05) is 31.6 Å². The maximum absolute atomic E-state index is 13.4. The first-order valence-corrected chi connectivity index (χ1v) is 12.8. The van der Waals surface area contributed by atoms with E-state index in [9.17, 15) is 13.2 Å². The number of hydrogen-bond acceptors (Lipinski definition) is 5. The molecule has 1 unspecified atom stereocenters. The van der Waals surface area contributed by atoms with E-state index in [1.165, 1.54) is 10.4 Å². The molecule has 170 valence electrons. The van der Waals surface area contributed by atoms with Crippen molar-refractivity contribution in [2.24, 2.45) is 0 Å². The molecule has 3 heterocycles. The third-order valence-electron chi connectivity index (χ3n) is 6.45. The van der Waals surface area contributed by atoms with Crippen LogP contribution in [0.2, 0.25) is 0 Å². The van der Waals surface area contributed by atoms with Gasteiger partial charge in [-0.2, -0.15) is 4.31 Å². The van der Waals surface area contributed by atoms with Crippen molar-refractivity contribution in [2.75, 3.05) is 32.8 Å². The third-order valence-corrected chi connectivity index (χ3v) is 8.35. The van der Waals surface area contributed by atoms with Gasteiger partial charge in [-0.05, 0) is 61.6 Å². The number of ether oxygens (including phenoxy) is 2. The molecule has 0 saturated carbocycles. The van der Waals surface area contributed by atoms with Crippen LogP contribution in [-0.2, 0) is 10.0 Å². The zero-order chi connectivity index (χ0) is 22.1. The molecule has 0 radical (unpaired) electrons. The van der Waals surface area contributed by atoms with Crippen LogP contribution in [0.5, 0.6) is 11.5 Å². The van der Waals surface area contributed by atoms with E-state index in [4.69, 9.17) is 9.47 Å². The van der Waals surface area contributed by atoms with Gasteiger partial charge in [-0.3, -0.25) is 4.79 Å². The fraction of sp³-hybridized carbons (Fsp3) is 0.458. The summed E-state index contributed by atoms with van der Waals surface area (Å²) >= 11 is 0. The van der Waals surface area contributed by atoms with Crippen molar-refractivity contribution in [3.8, 4) is 11.5 Å². The summed E-state index contributed by atoms with van der Waals surface area (Å²) in [5.74, 6) is 1.32. The summed E-state index contributed by atoms with van der Waals surface area (Å²) < 4.78 is 39.0. The van der Waals surface area contributed by atoms with E-state index in [0.717, 1.165) is 49.2 Å². The van der Waals surface area contributed by atoms with E-state index in [1.54, 1.807) is 18.2 Å². The molecular formula is C24H28N2O5S. The number of amides is 1. The molecular weight excluding hydrogens is 428 g/mol. The highest BCUT2D eigenvalue weighted by Crippen LogP contribution is 2.38. The molecule has 0 bridgehead atoms. The highest BCUT2D eigenvalue weighted by Gasteiger charge is 2.33. The number of likely N-dealkylation sites (tertiary alicyclic amines) is 1. The standard InChI is InChI=1S/C24H28N2O5S/c27-24(19-6-3-7-20(16-19)32(28,29)25-11-1-2-12-25)26-13-4-8-21(26)18-9-10-22-23(17-18)31-15-5-14-30-22/h3,6-7,9-10,16-17,21H,1-2,4-5,8,11-15H2. The second-order valence-electron chi connectivity index (χ2n) is 8.55. The Kier molecular flexibility index (Phi) is 5.82. The summed E-state index contributed by atoms with van der Waals surface area (Å²) in [6, 6.07) is 12.3. The predicted molar refractivity (Wildman–Crippen MR) is 119 cm³/mol. The molecule has 8 heteroatoms. The Bertz CT molecular complexity index is 1110. The number of sulfonamides is 1. The fourth-order valence-electron chi connectivity index (χ4n) is 4.78. The van der Waals surface area contributed by atoms with Crippen molar-refractivity contribution in [1.29, 1.82) is 0 Å². The van der Waals surface area contributed by atoms with E-state index in [2.05, 4.69) is 0 Å². The molecule has 1 atom stereocenters. The normalized spacial score (nSPS) is 21.5. The second-order valence-corrected chi connectivity index (χ2v) is 10.5. The molecule has 0 N–H and O–H groups in total. The zero-order valence-electron chi connectivity index (χ0n) is 18.0. The number of carbonyl (C=O) groups is 1. The molecule has 5 rings (SSSR count). The smallest absolute Gasteiger partial charge is 0.254 e. The van der Waals surface area contributed by atoms with Crippen LogP contribution < -0.4 is 9.47 Å². The Morgan fingerprint density at radius 1 is 0.875 bits per heavy atom. The first kappa shape index (κ1) is 21.3. The highest BCUT2D eigenvalue weighted by molar-refractivity contribution is 7.89. The van der Waals surface area contributed by atoms with Crippen LogP contribution in [0.1, 0.15) is 54.1 Å². The molecule has 3 aliphatic rings. The van der Waals surface area contributed by atoms with E-state index in [-0.39, 0.29) is 16.8 Å². The van der Waals surface area contributed by atoms with Gasteiger partial charge >= 0.3 is 0 Å². The number of rotatable bonds is 4. The first-order valence-electron chi connectivity index (χ1n) is 11.3. The van der Waals surface area contributed by atoms with Crippen molar-refractivity contribution in [3.63, 3.8) is 0 Å². The van der Waals surface area contributed by atoms with Crippen LogP contribution in [0.15, 0.2) is 47.4 Å². The molecule has 32 heavy (non-hydrogen) atoms. The van der Waals surface area contributed by atoms with Crippen molar-refractivity contribution < 1.29 is 22.7 Å². The van der Waals surface area contributed by atoms with Gasteiger partial charge in [0.2, 0.25) is 10.0 Å². The lowest BCUT2D eigenvalue weighted by molar-refractivity contribution is 0.0735. The number of carbonyl (C=O) groups excluding carboxylic acids is 1. The number of fused-ring (bicyclic) bond motifs is 1. The summed E-state index contributed by atoms with van der Waals surface area (Å²) in [4.78, 5) is 15.5. The number of benzene rings is 2. The van der Waals surface area contributed by atoms with E-state index in [0.29, 0.717) is 38.4 Å². The molecule has 0 spiro atoms. The average molecular weight is 457 g/mol. The van der Waals surface area contributed by atoms with Gasteiger partial charge in [-0.1, -0.05) is 12.1 Å². The monoisotopic (exact) mass is 456 g/mol. The lowest BCUT2D eigenvalue weighted by atomic mass is 10.0. The third kappa shape index (κ3) is 3.97. The van der Waals surface area contributed by atoms with Crippen LogP contribution in [0.3, 0.4) is 0 Å². The molecule has 2 aromatic rings. The Hall–Kier alpha value is -2.58. The van der Waals surface area contributed by atoms with Crippen LogP contribution in [0.4, 0.5) is 0 Å². The van der Waals surface area contributed by atoms with Crippen molar-refractivity contribution in [2.45, 2.75) is 43.0 Å². The summed E-state index contributed by atoms with van der Waals surface area (Å²) in [6.07, 6.45) is 4.36. The number of nitrogens with zero attached hydrogens (tertiary/aromatic N) is 2. The molecule has 3 aliphatic heterocycles. The Morgan fingerprint density at radius 2 is 1.66 bits per heavy atom. The largest absolute Gasteiger partial charge is 0.490 e. The molecule has 1 amide bonds. The summed E-state index contributed by atoms with van der Waals surface area (Å²) in [5.41, 5.74) is 1.42. The molecule has 0 aliphatic carbocycles. The van der Waals surface area contributed by atoms with Crippen LogP contribution in [0.25, 0.3) is 0 Å². The summed E-state index contributed by atoms with van der Waals surface area (Å²) in [5, 5.41) is 0. The molecule has 2 saturated heterocycles. The minimum Gasteiger partial charge on any atom is -0.490 e. The van der Waals surface area contributed by atoms with Gasteiger partial charge in [-0.25, -0.2) is 8.42 Å². The maximum Gasteiger partial charge on any atom is 0.254 e. The van der Waals surface area contributed by atoms with Crippen molar-refractivity contribution >= 4 is 15.9 Å². The fourth-order valence-corrected chi connectivity index (χ4v) is 6.34. The highest BCUT2D eigenvalue weighted by atomic mass is 32.2. The van der Waals surface area contributed by atoms with E-state index >= 15 is 0 Å². The minimum absolute atomic E-state index is 0.0708. The van der Waals surface area contributed by atoms with Crippen molar-refractivity contribution in [1.82, 2.24) is 9.21 Å². The Morgan fingerprint density at radius 3 is 2.47 bits per heavy atom. The first-order chi connectivity index (χ1) is 15.5. The summed E-state index contributed by atoms with van der Waals surface area (Å²) in [7, 11) is -3.57. The Labute approximate surface area is 189 Å². The minimum atomic E-state index is -3.57. The van der Waals surface area contributed by atoms with E-state index in [1.807, 2.05) is 23.1 Å². The molecule has 2 aromatic carbocycles. The van der Waals surface area contributed by atoms with Crippen LogP contribution in [-0.4, -0.2) is 56.4 Å². The van der Waals surface area contributed by atoms with Crippen LogP contribution in [0, 0.1) is 0 Å². The molecule has 0 aromatic heterocycles. The van der Waals surface area contributed by atoms with E-state index < -0.39 is 10.0 Å². The predicted octanol–water partition coefficient (Wildman–Crippen LogP) is 3.61. The van der Waals surface area contributed by atoms with Gasteiger partial charge in [0.15, 0.2) is 11.5 Å². The topological polar surface area (TPSA) is 76.2 Å². The van der Waals surface area contributed by atoms with Gasteiger partial charge in [0.25, 0.3) is 5.91 Å². The quantitative estimate of drug-likeness (QED) is 0.703. The van der Waals surface area contributed by atoms with Gasteiger partial charge < -0.3 is 14.4 Å². The molecule has 2 fully saturated rings. The SMILES string of the molecule is O=C(c1cccc(S(=O)(=O)N2CCCC2)c1)N1CCCC1c1ccc2c(c1)OCCCO2. The zero-order valence-corrected chi connectivity index (χ0v) is 18.9. The maximum atomic E-state index is 13.4. The Balaban J connectivity index is 1.40. The lowest BCUT2D eigenvalue weighted by Crippen LogP contribution is -2.31. The lowest BCUT2D eigenvalue weighted by Gasteiger charge is -2.26. The molecule has 7 nitrogen and oxygen atoms in total. The van der Waals surface area contributed by atoms with Gasteiger partial charge in [0.1, 0.15) is 0 Å².